The van der Waals surface area contributed by atoms with Crippen molar-refractivity contribution in [2.45, 2.75) is 39.7 Å². The van der Waals surface area contributed by atoms with Crippen LogP contribution in [0.25, 0.3) is 0 Å². The molecule has 0 saturated heterocycles. The van der Waals surface area contributed by atoms with Crippen LogP contribution in [0, 0.1) is 6.92 Å². The zero-order valence-electron chi connectivity index (χ0n) is 10.4. The second kappa shape index (κ2) is 7.17. The summed E-state index contributed by atoms with van der Waals surface area (Å²) in [5.41, 5.74) is 0.964. The highest BCUT2D eigenvalue weighted by molar-refractivity contribution is 5.34. The molecular formula is C12H21N3O. The number of aryl methyl sites for hydroxylation is 1. The second-order valence-corrected chi connectivity index (χ2v) is 3.82. The molecule has 16 heavy (non-hydrogen) atoms. The minimum Gasteiger partial charge on any atom is -0.373 e. The maximum atomic E-state index is 5.52. The molecule has 90 valence electrons. The molecule has 0 radical (unpaired) electrons. The van der Waals surface area contributed by atoms with Gasteiger partial charge in [-0.1, -0.05) is 19.8 Å². The third kappa shape index (κ3) is 4.57. The lowest BCUT2D eigenvalue weighted by Crippen LogP contribution is -2.04. The summed E-state index contributed by atoms with van der Waals surface area (Å²) in [4.78, 5) is 8.65. The highest BCUT2D eigenvalue weighted by Crippen LogP contribution is 2.06. The summed E-state index contributed by atoms with van der Waals surface area (Å²) in [7, 11) is 1.85. The second-order valence-electron chi connectivity index (χ2n) is 3.82. The first kappa shape index (κ1) is 12.9. The van der Waals surface area contributed by atoms with Gasteiger partial charge in [-0.3, -0.25) is 0 Å². The minimum atomic E-state index is 0.500. The summed E-state index contributed by atoms with van der Waals surface area (Å²) in [6.07, 6.45) is 3.55. The van der Waals surface area contributed by atoms with Crippen LogP contribution in [0.15, 0.2) is 6.07 Å². The Kier molecular flexibility index (Phi) is 5.78. The van der Waals surface area contributed by atoms with Gasteiger partial charge in [-0.25, -0.2) is 9.97 Å². The van der Waals surface area contributed by atoms with Crippen molar-refractivity contribution in [1.29, 1.82) is 0 Å². The lowest BCUT2D eigenvalue weighted by Gasteiger charge is -2.06. The fourth-order valence-electron chi connectivity index (χ4n) is 1.44. The standard InChI is InChI=1S/C12H21N3O/c1-4-5-6-7-16-9-12-14-10(2)8-11(13-3)15-12/h8H,4-7,9H2,1-3H3,(H,13,14,15). The molecule has 0 amide bonds. The monoisotopic (exact) mass is 223 g/mol. The summed E-state index contributed by atoms with van der Waals surface area (Å²) < 4.78 is 5.52. The molecule has 0 aliphatic rings. The van der Waals surface area contributed by atoms with Crippen LogP contribution in [0.1, 0.15) is 37.7 Å². The molecule has 0 atom stereocenters. The van der Waals surface area contributed by atoms with Gasteiger partial charge in [0.1, 0.15) is 12.4 Å². The molecule has 1 rings (SSSR count). The van der Waals surface area contributed by atoms with Crippen molar-refractivity contribution in [1.82, 2.24) is 9.97 Å². The number of nitrogens with zero attached hydrogens (tertiary/aromatic N) is 2. The zero-order chi connectivity index (χ0) is 11.8. The smallest absolute Gasteiger partial charge is 0.156 e. The van der Waals surface area contributed by atoms with E-state index >= 15 is 0 Å². The number of ether oxygens (including phenoxy) is 1. The number of nitrogens with one attached hydrogen (secondary N) is 1. The van der Waals surface area contributed by atoms with Gasteiger partial charge in [-0.15, -0.1) is 0 Å². The maximum Gasteiger partial charge on any atom is 0.156 e. The van der Waals surface area contributed by atoms with Crippen LogP contribution >= 0.6 is 0 Å². The van der Waals surface area contributed by atoms with Crippen LogP contribution in [0.5, 0.6) is 0 Å². The third-order valence-corrected chi connectivity index (χ3v) is 2.28. The average molecular weight is 223 g/mol. The van der Waals surface area contributed by atoms with E-state index in [9.17, 15) is 0 Å². The molecule has 4 heteroatoms. The van der Waals surface area contributed by atoms with Gasteiger partial charge in [0, 0.05) is 25.4 Å². The Bertz CT molecular complexity index is 315. The van der Waals surface area contributed by atoms with Crippen LogP contribution in [-0.2, 0) is 11.3 Å². The van der Waals surface area contributed by atoms with Gasteiger partial charge in [0.25, 0.3) is 0 Å². The van der Waals surface area contributed by atoms with Gasteiger partial charge in [-0.2, -0.15) is 0 Å². The number of rotatable bonds is 7. The predicted octanol–water partition coefficient (Wildman–Crippen LogP) is 2.53. The van der Waals surface area contributed by atoms with E-state index in [1.165, 1.54) is 12.8 Å². The van der Waals surface area contributed by atoms with Gasteiger partial charge in [0.2, 0.25) is 0 Å². The summed E-state index contributed by atoms with van der Waals surface area (Å²) in [6, 6.07) is 1.92. The van der Waals surface area contributed by atoms with Crippen LogP contribution in [0.4, 0.5) is 5.82 Å². The van der Waals surface area contributed by atoms with Crippen molar-refractivity contribution in [3.8, 4) is 0 Å². The molecule has 0 unspecified atom stereocenters. The zero-order valence-corrected chi connectivity index (χ0v) is 10.4. The van der Waals surface area contributed by atoms with Gasteiger partial charge in [0.05, 0.1) is 0 Å². The third-order valence-electron chi connectivity index (χ3n) is 2.28. The lowest BCUT2D eigenvalue weighted by molar-refractivity contribution is 0.112. The summed E-state index contributed by atoms with van der Waals surface area (Å²) in [5, 5.41) is 3.01. The van der Waals surface area contributed by atoms with Crippen molar-refractivity contribution in [2.75, 3.05) is 19.0 Å². The van der Waals surface area contributed by atoms with E-state index in [4.69, 9.17) is 4.74 Å². The fourth-order valence-corrected chi connectivity index (χ4v) is 1.44. The highest BCUT2D eigenvalue weighted by Gasteiger charge is 2.01. The lowest BCUT2D eigenvalue weighted by atomic mass is 10.3. The Morgan fingerprint density at radius 2 is 2.12 bits per heavy atom. The van der Waals surface area contributed by atoms with Crippen LogP contribution < -0.4 is 5.32 Å². The molecule has 0 spiro atoms. The number of hydrogen-bond acceptors (Lipinski definition) is 4. The molecule has 4 nitrogen and oxygen atoms in total. The molecule has 1 aromatic rings. The molecular weight excluding hydrogens is 202 g/mol. The average Bonchev–Trinajstić information content (AvgIpc) is 2.28. The molecule has 1 N–H and O–H groups in total. The molecule has 0 bridgehead atoms. The van der Waals surface area contributed by atoms with E-state index in [1.807, 2.05) is 20.0 Å². The molecule has 0 aliphatic heterocycles. The first-order valence-electron chi connectivity index (χ1n) is 5.86. The Labute approximate surface area is 97.5 Å². The molecule has 0 aliphatic carbocycles. The summed E-state index contributed by atoms with van der Waals surface area (Å²) in [5.74, 6) is 1.60. The molecule has 1 aromatic heterocycles. The van der Waals surface area contributed by atoms with E-state index in [2.05, 4.69) is 22.2 Å². The van der Waals surface area contributed by atoms with Crippen molar-refractivity contribution in [3.63, 3.8) is 0 Å². The van der Waals surface area contributed by atoms with Gasteiger partial charge >= 0.3 is 0 Å². The predicted molar refractivity (Wildman–Crippen MR) is 65.5 cm³/mol. The topological polar surface area (TPSA) is 47.0 Å². The van der Waals surface area contributed by atoms with Gasteiger partial charge in [0.15, 0.2) is 5.82 Å². The summed E-state index contributed by atoms with van der Waals surface area (Å²) in [6.45, 7) is 5.44. The Balaban J connectivity index is 2.38. The quantitative estimate of drug-likeness (QED) is 0.722. The van der Waals surface area contributed by atoms with E-state index in [-0.39, 0.29) is 0 Å². The molecule has 1 heterocycles. The Morgan fingerprint density at radius 1 is 1.31 bits per heavy atom. The summed E-state index contributed by atoms with van der Waals surface area (Å²) >= 11 is 0. The first-order chi connectivity index (χ1) is 7.76. The van der Waals surface area contributed by atoms with E-state index in [1.54, 1.807) is 0 Å². The van der Waals surface area contributed by atoms with Crippen LogP contribution in [0.2, 0.25) is 0 Å². The van der Waals surface area contributed by atoms with E-state index in [0.29, 0.717) is 6.61 Å². The Hall–Kier alpha value is -1.16. The van der Waals surface area contributed by atoms with Gasteiger partial charge in [-0.05, 0) is 13.3 Å². The van der Waals surface area contributed by atoms with Crippen LogP contribution in [0.3, 0.4) is 0 Å². The number of unbranched alkanes of at least 4 members (excludes halogenated alkanes) is 2. The van der Waals surface area contributed by atoms with Crippen molar-refractivity contribution < 1.29 is 4.74 Å². The number of anilines is 1. The van der Waals surface area contributed by atoms with E-state index in [0.717, 1.165) is 30.4 Å². The molecule has 0 fully saturated rings. The first-order valence-corrected chi connectivity index (χ1v) is 5.86. The molecule has 0 saturated carbocycles. The van der Waals surface area contributed by atoms with Crippen molar-refractivity contribution in [3.05, 3.63) is 17.6 Å². The fraction of sp³-hybridized carbons (Fsp3) is 0.667. The maximum absolute atomic E-state index is 5.52. The highest BCUT2D eigenvalue weighted by atomic mass is 16.5. The van der Waals surface area contributed by atoms with Crippen molar-refractivity contribution in [2.24, 2.45) is 0 Å². The van der Waals surface area contributed by atoms with E-state index < -0.39 is 0 Å². The largest absolute Gasteiger partial charge is 0.373 e. The van der Waals surface area contributed by atoms with Crippen molar-refractivity contribution >= 4 is 5.82 Å². The molecule has 0 aromatic carbocycles. The number of aromatic nitrogens is 2. The minimum absolute atomic E-state index is 0.500. The van der Waals surface area contributed by atoms with Crippen LogP contribution in [-0.4, -0.2) is 23.6 Å². The Morgan fingerprint density at radius 3 is 2.81 bits per heavy atom. The number of hydrogen-bond donors (Lipinski definition) is 1. The SMILES string of the molecule is CCCCCOCc1nc(C)cc(NC)n1. The normalized spacial score (nSPS) is 10.4. The van der Waals surface area contributed by atoms with Gasteiger partial charge < -0.3 is 10.1 Å².